The summed E-state index contributed by atoms with van der Waals surface area (Å²) >= 11 is 0. The van der Waals surface area contributed by atoms with Crippen molar-refractivity contribution < 1.29 is 0 Å². The Labute approximate surface area is 407 Å². The second-order valence-electron chi connectivity index (χ2n) is 19.0. The first-order valence-corrected chi connectivity index (χ1v) is 24.6. The van der Waals surface area contributed by atoms with Gasteiger partial charge in [0, 0.05) is 39.1 Å². The zero-order chi connectivity index (χ0) is 46.1. The van der Waals surface area contributed by atoms with Gasteiger partial charge >= 0.3 is 0 Å². The Hall–Kier alpha value is -8.73. The van der Waals surface area contributed by atoms with Crippen molar-refractivity contribution in [1.82, 2.24) is 19.5 Å². The highest BCUT2D eigenvalue weighted by molar-refractivity contribution is 6.10. The van der Waals surface area contributed by atoms with E-state index in [1.807, 2.05) is 0 Å². The summed E-state index contributed by atoms with van der Waals surface area (Å²) in [4.78, 5) is 16.5. The maximum Gasteiger partial charge on any atom is 0.164 e. The number of rotatable bonds is 6. The topological polar surface area (TPSA) is 43.6 Å². The van der Waals surface area contributed by atoms with Crippen LogP contribution in [-0.4, -0.2) is 19.5 Å². The van der Waals surface area contributed by atoms with E-state index in [-0.39, 0.29) is 5.92 Å². The third kappa shape index (κ3) is 6.78. The van der Waals surface area contributed by atoms with Crippen LogP contribution in [0.4, 0.5) is 0 Å². The van der Waals surface area contributed by atoms with E-state index in [0.29, 0.717) is 17.5 Å². The first-order valence-electron chi connectivity index (χ1n) is 24.6. The molecule has 0 aliphatic heterocycles. The van der Waals surface area contributed by atoms with Crippen LogP contribution in [0.5, 0.6) is 0 Å². The highest BCUT2D eigenvalue weighted by atomic mass is 15.0. The number of benzene rings is 10. The van der Waals surface area contributed by atoms with E-state index in [9.17, 15) is 0 Å². The van der Waals surface area contributed by atoms with Gasteiger partial charge in [0.25, 0.3) is 0 Å². The summed E-state index contributed by atoms with van der Waals surface area (Å²) in [6, 6.07) is 81.9. The summed E-state index contributed by atoms with van der Waals surface area (Å²) in [7, 11) is 0. The van der Waals surface area contributed by atoms with Gasteiger partial charge in [-0.25, -0.2) is 15.0 Å². The minimum Gasteiger partial charge on any atom is -0.309 e. The maximum absolute atomic E-state index is 5.60. The fourth-order valence-electron chi connectivity index (χ4n) is 11.6. The molecule has 0 radical (unpaired) electrons. The lowest BCUT2D eigenvalue weighted by Crippen LogP contribution is -2.11. The Bertz CT molecular complexity index is 4000. The van der Waals surface area contributed by atoms with Gasteiger partial charge in [-0.1, -0.05) is 182 Å². The number of nitrogens with zero attached hydrogens (tertiary/aromatic N) is 4. The summed E-state index contributed by atoms with van der Waals surface area (Å²) < 4.78 is 2.36. The zero-order valence-electron chi connectivity index (χ0n) is 38.6. The number of para-hydroxylation sites is 2. The molecule has 4 nitrogen and oxygen atoms in total. The van der Waals surface area contributed by atoms with E-state index in [2.05, 4.69) is 229 Å². The van der Waals surface area contributed by atoms with Crippen molar-refractivity contribution in [2.75, 3.05) is 0 Å². The van der Waals surface area contributed by atoms with Crippen molar-refractivity contribution in [2.45, 2.75) is 31.6 Å². The molecule has 0 N–H and O–H groups in total. The van der Waals surface area contributed by atoms with Gasteiger partial charge in [-0.2, -0.15) is 0 Å². The summed E-state index contributed by atoms with van der Waals surface area (Å²) in [5, 5.41) is 4.95. The van der Waals surface area contributed by atoms with Crippen LogP contribution in [-0.2, 0) is 19.3 Å². The Morgan fingerprint density at radius 2 is 0.914 bits per heavy atom. The molecule has 2 heterocycles. The van der Waals surface area contributed by atoms with E-state index >= 15 is 0 Å². The second-order valence-corrected chi connectivity index (χ2v) is 19.0. The van der Waals surface area contributed by atoms with Crippen LogP contribution in [0.25, 0.3) is 106 Å². The summed E-state index contributed by atoms with van der Waals surface area (Å²) in [6.45, 7) is 0. The number of aromatic nitrogens is 4. The average Bonchev–Trinajstić information content (AvgIpc) is 3.68. The SMILES string of the molecule is c1ccc(-c2ccc(-c3nc(-c4ccc5c6ccccc6n(-c6ccccc6)c5c4)nc(-c4cc5c(cc4C4CCc6cc7ccccc7cc6-c6ccccc64)-c4ccccc4CC5)n3)cc2)cc1. The van der Waals surface area contributed by atoms with E-state index in [1.54, 1.807) is 0 Å². The van der Waals surface area contributed by atoms with Crippen molar-refractivity contribution in [1.29, 1.82) is 0 Å². The minimum absolute atomic E-state index is 0.0767. The quantitative estimate of drug-likeness (QED) is 0.167. The standard InChI is InChI=1S/C66H46N4/c1-3-15-42(16-4-1)43-27-30-45(31-28-43)64-67-65(50-34-36-57-56-25-13-14-26-62(56)70(63(57)40-50)51-20-5-2-6-21-51)69-66(68-64)61-39-49-32-29-44-17-9-10-22-52(44)59(49)41-60(61)55-35-33-48-37-46-18-7-8-19-47(46)38-58(48)54-24-12-11-23-53(54)55/h1-28,30-31,34,36-41,55H,29,32-33,35H2. The van der Waals surface area contributed by atoms with Crippen molar-refractivity contribution in [3.8, 4) is 73.2 Å². The first kappa shape index (κ1) is 40.3. The van der Waals surface area contributed by atoms with E-state index < -0.39 is 0 Å². The van der Waals surface area contributed by atoms with Crippen LogP contribution in [0, 0.1) is 0 Å². The third-order valence-electron chi connectivity index (χ3n) is 15.0. The second kappa shape index (κ2) is 16.5. The van der Waals surface area contributed by atoms with Gasteiger partial charge in [0.15, 0.2) is 17.5 Å². The van der Waals surface area contributed by atoms with Crippen molar-refractivity contribution in [3.63, 3.8) is 0 Å². The van der Waals surface area contributed by atoms with Gasteiger partial charge in [-0.15, -0.1) is 0 Å². The highest BCUT2D eigenvalue weighted by Crippen LogP contribution is 2.48. The normalized spacial score (nSPS) is 13.9. The Balaban J connectivity index is 1.01. The molecule has 2 aromatic heterocycles. The molecule has 10 aromatic carbocycles. The Kier molecular flexibility index (Phi) is 9.51. The van der Waals surface area contributed by atoms with E-state index in [0.717, 1.165) is 64.7 Å². The smallest absolute Gasteiger partial charge is 0.164 e. The molecule has 330 valence electrons. The molecule has 1 atom stereocenters. The van der Waals surface area contributed by atoms with Crippen LogP contribution in [0.15, 0.2) is 224 Å². The minimum atomic E-state index is 0.0767. The molecule has 0 amide bonds. The fraction of sp³-hybridized carbons (Fsp3) is 0.0758. The lowest BCUT2D eigenvalue weighted by atomic mass is 9.78. The molecule has 4 heteroatoms. The fourth-order valence-corrected chi connectivity index (χ4v) is 11.6. The van der Waals surface area contributed by atoms with E-state index in [4.69, 9.17) is 15.0 Å². The lowest BCUT2D eigenvalue weighted by Gasteiger charge is -2.27. The van der Waals surface area contributed by atoms with Crippen LogP contribution in [0.1, 0.15) is 40.2 Å². The average molecular weight is 895 g/mol. The monoisotopic (exact) mass is 894 g/mol. The number of fused-ring (bicyclic) bond motifs is 10. The molecule has 14 rings (SSSR count). The van der Waals surface area contributed by atoms with Crippen LogP contribution < -0.4 is 0 Å². The molecule has 0 fully saturated rings. The molecular formula is C66H46N4. The Morgan fingerprint density at radius 3 is 1.76 bits per heavy atom. The lowest BCUT2D eigenvalue weighted by molar-refractivity contribution is 0.726. The summed E-state index contributed by atoms with van der Waals surface area (Å²) in [5.74, 6) is 2.07. The van der Waals surface area contributed by atoms with Crippen LogP contribution in [0.2, 0.25) is 0 Å². The first-order chi connectivity index (χ1) is 34.7. The molecule has 2 aliphatic rings. The van der Waals surface area contributed by atoms with Crippen LogP contribution >= 0.6 is 0 Å². The zero-order valence-corrected chi connectivity index (χ0v) is 38.6. The largest absolute Gasteiger partial charge is 0.309 e. The van der Waals surface area contributed by atoms with Gasteiger partial charge in [0.05, 0.1) is 11.0 Å². The van der Waals surface area contributed by atoms with Gasteiger partial charge in [-0.3, -0.25) is 0 Å². The maximum atomic E-state index is 5.60. The van der Waals surface area contributed by atoms with Gasteiger partial charge in [-0.05, 0) is 140 Å². The molecule has 0 spiro atoms. The number of aryl methyl sites for hydroxylation is 3. The molecule has 0 bridgehead atoms. The Morgan fingerprint density at radius 1 is 0.329 bits per heavy atom. The van der Waals surface area contributed by atoms with Crippen molar-refractivity contribution >= 4 is 32.6 Å². The van der Waals surface area contributed by atoms with Gasteiger partial charge in [0.1, 0.15) is 0 Å². The molecule has 2 aliphatic carbocycles. The van der Waals surface area contributed by atoms with Gasteiger partial charge < -0.3 is 4.57 Å². The third-order valence-corrected chi connectivity index (χ3v) is 15.0. The molecule has 0 saturated carbocycles. The highest BCUT2D eigenvalue weighted by Gasteiger charge is 2.30. The molecule has 1 unspecified atom stereocenters. The predicted octanol–water partition coefficient (Wildman–Crippen LogP) is 16.3. The summed E-state index contributed by atoms with van der Waals surface area (Å²) in [6.07, 6.45) is 3.84. The number of hydrogen-bond donors (Lipinski definition) is 0. The predicted molar refractivity (Wildman–Crippen MR) is 288 cm³/mol. The molecule has 0 saturated heterocycles. The van der Waals surface area contributed by atoms with Crippen molar-refractivity contribution in [2.24, 2.45) is 0 Å². The summed E-state index contributed by atoms with van der Waals surface area (Å²) in [5.41, 5.74) is 20.6. The molecular weight excluding hydrogens is 849 g/mol. The van der Waals surface area contributed by atoms with Crippen LogP contribution in [0.3, 0.4) is 0 Å². The van der Waals surface area contributed by atoms with Crippen molar-refractivity contribution in [3.05, 3.63) is 252 Å². The molecule has 70 heavy (non-hydrogen) atoms. The molecule has 12 aromatic rings. The van der Waals surface area contributed by atoms with E-state index in [1.165, 1.54) is 77.2 Å². The number of hydrogen-bond acceptors (Lipinski definition) is 3. The van der Waals surface area contributed by atoms with Gasteiger partial charge in [0.2, 0.25) is 0 Å².